The summed E-state index contributed by atoms with van der Waals surface area (Å²) in [4.78, 5) is 7.18. The van der Waals surface area contributed by atoms with E-state index in [2.05, 4.69) is 35.4 Å². The highest BCUT2D eigenvalue weighted by Crippen LogP contribution is 2.38. The Morgan fingerprint density at radius 1 is 1.50 bits per heavy atom. The second-order valence-corrected chi connectivity index (χ2v) is 6.49. The fourth-order valence-corrected chi connectivity index (χ4v) is 3.36. The second-order valence-electron chi connectivity index (χ2n) is 6.49. The normalized spacial score (nSPS) is 25.4. The predicted molar refractivity (Wildman–Crippen MR) is 87.0 cm³/mol. The fraction of sp³-hybridized carbons (Fsp3) is 0.750. The first kappa shape index (κ1) is 15.3. The van der Waals surface area contributed by atoms with Gasteiger partial charge < -0.3 is 15.0 Å². The summed E-state index contributed by atoms with van der Waals surface area (Å²) in [7, 11) is 0. The van der Waals surface area contributed by atoms with Crippen LogP contribution in [0.5, 0.6) is 0 Å². The molecule has 0 aromatic carbocycles. The van der Waals surface area contributed by atoms with Crippen LogP contribution in [0.2, 0.25) is 0 Å². The van der Waals surface area contributed by atoms with Crippen LogP contribution in [0, 0.1) is 12.3 Å². The third-order valence-electron chi connectivity index (χ3n) is 4.61. The van der Waals surface area contributed by atoms with E-state index >= 15 is 0 Å². The highest BCUT2D eigenvalue weighted by atomic mass is 16.5. The summed E-state index contributed by atoms with van der Waals surface area (Å²) < 4.78 is 7.57. The molecule has 0 radical (unpaired) electrons. The molecule has 1 aromatic heterocycles. The monoisotopic (exact) mass is 305 g/mol. The Kier molecular flexibility index (Phi) is 4.66. The molecular weight excluding hydrogens is 278 g/mol. The number of rotatable bonds is 4. The molecule has 122 valence electrons. The maximum atomic E-state index is 5.61. The molecule has 2 aliphatic rings. The van der Waals surface area contributed by atoms with Gasteiger partial charge in [0.1, 0.15) is 0 Å². The largest absolute Gasteiger partial charge is 0.381 e. The van der Waals surface area contributed by atoms with Crippen LogP contribution >= 0.6 is 0 Å². The van der Waals surface area contributed by atoms with Crippen molar-refractivity contribution in [1.82, 2.24) is 20.0 Å². The van der Waals surface area contributed by atoms with Gasteiger partial charge in [-0.3, -0.25) is 9.67 Å². The van der Waals surface area contributed by atoms with Crippen molar-refractivity contribution in [2.24, 2.45) is 10.4 Å². The first-order chi connectivity index (χ1) is 10.7. The van der Waals surface area contributed by atoms with E-state index < -0.39 is 0 Å². The molecule has 0 aliphatic carbocycles. The van der Waals surface area contributed by atoms with Gasteiger partial charge >= 0.3 is 0 Å². The summed E-state index contributed by atoms with van der Waals surface area (Å²) >= 11 is 0. The first-order valence-corrected chi connectivity index (χ1v) is 8.31. The minimum Gasteiger partial charge on any atom is -0.381 e. The summed E-state index contributed by atoms with van der Waals surface area (Å²) in [5.41, 5.74) is 1.56. The van der Waals surface area contributed by atoms with E-state index in [0.29, 0.717) is 5.41 Å². The molecule has 3 rings (SSSR count). The molecule has 1 atom stereocenters. The van der Waals surface area contributed by atoms with Gasteiger partial charge in [-0.05, 0) is 32.3 Å². The molecular formula is C16H27N5O. The van der Waals surface area contributed by atoms with Crippen LogP contribution in [0.15, 0.2) is 17.4 Å². The lowest BCUT2D eigenvalue weighted by Crippen LogP contribution is -2.41. The maximum Gasteiger partial charge on any atom is 0.193 e. The summed E-state index contributed by atoms with van der Waals surface area (Å²) in [5, 5.41) is 7.74. The summed E-state index contributed by atoms with van der Waals surface area (Å²) in [6, 6.07) is 0. The molecule has 1 spiro atoms. The van der Waals surface area contributed by atoms with Gasteiger partial charge in [-0.2, -0.15) is 5.10 Å². The topological polar surface area (TPSA) is 54.7 Å². The van der Waals surface area contributed by atoms with Crippen molar-refractivity contribution in [3.63, 3.8) is 0 Å². The van der Waals surface area contributed by atoms with Crippen LogP contribution in [0.25, 0.3) is 0 Å². The van der Waals surface area contributed by atoms with Crippen molar-refractivity contribution in [2.45, 2.75) is 33.2 Å². The van der Waals surface area contributed by atoms with Gasteiger partial charge in [0.2, 0.25) is 0 Å². The zero-order chi connectivity index (χ0) is 15.4. The van der Waals surface area contributed by atoms with Gasteiger partial charge in [0.15, 0.2) is 5.96 Å². The average molecular weight is 305 g/mol. The molecule has 1 aromatic rings. The van der Waals surface area contributed by atoms with Crippen molar-refractivity contribution in [3.8, 4) is 0 Å². The second kappa shape index (κ2) is 6.69. The van der Waals surface area contributed by atoms with Crippen LogP contribution in [0.1, 0.15) is 25.3 Å². The molecule has 0 bridgehead atoms. The third kappa shape index (κ3) is 3.43. The Balaban J connectivity index is 1.58. The Morgan fingerprint density at radius 3 is 3.09 bits per heavy atom. The Morgan fingerprint density at radius 2 is 2.41 bits per heavy atom. The minimum absolute atomic E-state index is 0.370. The number of hydrogen-bond acceptors (Lipinski definition) is 3. The lowest BCUT2D eigenvalue weighted by Gasteiger charge is -2.25. The van der Waals surface area contributed by atoms with Crippen LogP contribution in [0.4, 0.5) is 0 Å². The Hall–Kier alpha value is -1.56. The van der Waals surface area contributed by atoms with Gasteiger partial charge in [-0.25, -0.2) is 0 Å². The summed E-state index contributed by atoms with van der Waals surface area (Å²) in [6.45, 7) is 10.6. The van der Waals surface area contributed by atoms with Gasteiger partial charge in [-0.1, -0.05) is 0 Å². The van der Waals surface area contributed by atoms with E-state index in [4.69, 9.17) is 9.73 Å². The minimum atomic E-state index is 0.370. The van der Waals surface area contributed by atoms with Crippen LogP contribution < -0.4 is 5.32 Å². The van der Waals surface area contributed by atoms with Crippen molar-refractivity contribution in [3.05, 3.63) is 18.0 Å². The lowest BCUT2D eigenvalue weighted by atomic mass is 9.87. The first-order valence-electron chi connectivity index (χ1n) is 8.31. The molecule has 2 aliphatic heterocycles. The van der Waals surface area contributed by atoms with E-state index in [1.807, 2.05) is 10.9 Å². The molecule has 1 unspecified atom stereocenters. The zero-order valence-electron chi connectivity index (χ0n) is 13.7. The zero-order valence-corrected chi connectivity index (χ0v) is 13.7. The average Bonchev–Trinajstić information content (AvgIpc) is 3.22. The van der Waals surface area contributed by atoms with Crippen LogP contribution in [0.3, 0.4) is 0 Å². The van der Waals surface area contributed by atoms with Crippen LogP contribution in [-0.2, 0) is 11.3 Å². The highest BCUT2D eigenvalue weighted by Gasteiger charge is 2.42. The number of hydrogen-bond donors (Lipinski definition) is 1. The molecule has 6 heteroatoms. The molecule has 3 heterocycles. The molecule has 1 N–H and O–H groups in total. The van der Waals surface area contributed by atoms with Crippen molar-refractivity contribution >= 4 is 5.96 Å². The summed E-state index contributed by atoms with van der Waals surface area (Å²) in [5.74, 6) is 1.04. The van der Waals surface area contributed by atoms with E-state index in [0.717, 1.165) is 51.9 Å². The standard InChI is InChI=1S/C16H27N5O/c1-3-17-15(18-6-8-21-11-14(2)10-19-21)20-7-4-16(12-20)5-9-22-13-16/h10-11H,3-9,12-13H2,1-2H3,(H,17,18). The van der Waals surface area contributed by atoms with Crippen molar-refractivity contribution in [2.75, 3.05) is 39.4 Å². The van der Waals surface area contributed by atoms with Crippen molar-refractivity contribution in [1.29, 1.82) is 0 Å². The number of ether oxygens (including phenoxy) is 1. The number of nitrogens with one attached hydrogen (secondary N) is 1. The van der Waals surface area contributed by atoms with E-state index in [9.17, 15) is 0 Å². The molecule has 0 amide bonds. The Labute approximate surface area is 132 Å². The van der Waals surface area contributed by atoms with Gasteiger partial charge in [-0.15, -0.1) is 0 Å². The predicted octanol–water partition coefficient (Wildman–Crippen LogP) is 1.27. The molecule has 6 nitrogen and oxygen atoms in total. The number of aliphatic imine (C=N–C) groups is 1. The van der Waals surface area contributed by atoms with Gasteiger partial charge in [0, 0.05) is 37.9 Å². The summed E-state index contributed by atoms with van der Waals surface area (Å²) in [6.07, 6.45) is 6.35. The van der Waals surface area contributed by atoms with Crippen molar-refractivity contribution < 1.29 is 4.74 Å². The van der Waals surface area contributed by atoms with E-state index in [1.54, 1.807) is 0 Å². The molecule has 2 fully saturated rings. The fourth-order valence-electron chi connectivity index (χ4n) is 3.36. The van der Waals surface area contributed by atoms with Gasteiger partial charge in [0.05, 0.1) is 25.9 Å². The number of nitrogens with zero attached hydrogens (tertiary/aromatic N) is 4. The van der Waals surface area contributed by atoms with Gasteiger partial charge in [0.25, 0.3) is 0 Å². The maximum absolute atomic E-state index is 5.61. The quantitative estimate of drug-likeness (QED) is 0.672. The highest BCUT2D eigenvalue weighted by molar-refractivity contribution is 5.80. The number of aromatic nitrogens is 2. The van der Waals surface area contributed by atoms with E-state index in [1.165, 1.54) is 18.4 Å². The van der Waals surface area contributed by atoms with E-state index in [-0.39, 0.29) is 0 Å². The number of guanidine groups is 1. The smallest absolute Gasteiger partial charge is 0.193 e. The SMILES string of the molecule is CCNC(=NCCn1cc(C)cn1)N1CCC2(CCOC2)C1. The molecule has 2 saturated heterocycles. The number of aryl methyl sites for hydroxylation is 1. The van der Waals surface area contributed by atoms with Crippen LogP contribution in [-0.4, -0.2) is 60.0 Å². The lowest BCUT2D eigenvalue weighted by molar-refractivity contribution is 0.156. The Bertz CT molecular complexity index is 518. The number of likely N-dealkylation sites (tertiary alicyclic amines) is 1. The molecule has 22 heavy (non-hydrogen) atoms. The third-order valence-corrected chi connectivity index (χ3v) is 4.61. The molecule has 0 saturated carbocycles.